The molecule has 98 valence electrons. The molecule has 4 heteroatoms. The lowest BCUT2D eigenvalue weighted by molar-refractivity contribution is 0.140. The molecule has 1 aliphatic heterocycles. The van der Waals surface area contributed by atoms with E-state index in [0.717, 1.165) is 6.42 Å². The first-order valence-electron chi connectivity index (χ1n) is 6.11. The van der Waals surface area contributed by atoms with Gasteiger partial charge in [0.05, 0.1) is 13.2 Å². The van der Waals surface area contributed by atoms with E-state index in [4.69, 9.17) is 15.2 Å². The topological polar surface area (TPSA) is 44.5 Å². The summed E-state index contributed by atoms with van der Waals surface area (Å²) in [5, 5.41) is 0. The van der Waals surface area contributed by atoms with Crippen molar-refractivity contribution in [2.75, 3.05) is 13.2 Å². The van der Waals surface area contributed by atoms with Crippen molar-refractivity contribution in [2.24, 2.45) is 5.73 Å². The maximum absolute atomic E-state index is 13.3. The van der Waals surface area contributed by atoms with Crippen molar-refractivity contribution >= 4 is 0 Å². The standard InChI is InChI=1S/C14H18FNO2/c1-2-3-13(16)12-8-10(15)4-5-14(12)18-11-6-7-17-9-11/h2,4-5,8,11,13H,1,3,6-7,9,16H2/t11?,13-/m1/s1. The van der Waals surface area contributed by atoms with Gasteiger partial charge in [-0.3, -0.25) is 0 Å². The highest BCUT2D eigenvalue weighted by atomic mass is 19.1. The highest BCUT2D eigenvalue weighted by molar-refractivity contribution is 5.37. The van der Waals surface area contributed by atoms with E-state index in [1.54, 1.807) is 12.1 Å². The monoisotopic (exact) mass is 251 g/mol. The summed E-state index contributed by atoms with van der Waals surface area (Å²) in [6.07, 6.45) is 3.19. The summed E-state index contributed by atoms with van der Waals surface area (Å²) in [5.41, 5.74) is 6.68. The van der Waals surface area contributed by atoms with Crippen molar-refractivity contribution in [3.05, 3.63) is 42.2 Å². The van der Waals surface area contributed by atoms with Gasteiger partial charge in [-0.15, -0.1) is 6.58 Å². The van der Waals surface area contributed by atoms with Gasteiger partial charge in [0.1, 0.15) is 17.7 Å². The lowest BCUT2D eigenvalue weighted by atomic mass is 10.0. The Kier molecular flexibility index (Phi) is 4.33. The van der Waals surface area contributed by atoms with Crippen LogP contribution in [0.25, 0.3) is 0 Å². The molecule has 1 fully saturated rings. The second kappa shape index (κ2) is 5.98. The Morgan fingerprint density at radius 1 is 1.61 bits per heavy atom. The number of ether oxygens (including phenoxy) is 2. The Bertz CT molecular complexity index is 416. The molecular weight excluding hydrogens is 233 g/mol. The molecule has 0 aliphatic carbocycles. The molecule has 1 aromatic rings. The fourth-order valence-corrected chi connectivity index (χ4v) is 2.01. The number of rotatable bonds is 5. The number of halogens is 1. The number of nitrogens with two attached hydrogens (primary N) is 1. The van der Waals surface area contributed by atoms with Crippen LogP contribution in [0, 0.1) is 5.82 Å². The van der Waals surface area contributed by atoms with Crippen LogP contribution < -0.4 is 10.5 Å². The molecule has 0 amide bonds. The highest BCUT2D eigenvalue weighted by Gasteiger charge is 2.20. The van der Waals surface area contributed by atoms with E-state index in [0.29, 0.717) is 30.9 Å². The number of hydrogen-bond donors (Lipinski definition) is 1. The van der Waals surface area contributed by atoms with Gasteiger partial charge < -0.3 is 15.2 Å². The van der Waals surface area contributed by atoms with Crippen LogP contribution in [0.2, 0.25) is 0 Å². The summed E-state index contributed by atoms with van der Waals surface area (Å²) < 4.78 is 24.4. The average Bonchev–Trinajstić information content (AvgIpc) is 2.84. The minimum absolute atomic E-state index is 0.0325. The Balaban J connectivity index is 2.18. The van der Waals surface area contributed by atoms with Crippen LogP contribution in [0.1, 0.15) is 24.4 Å². The molecule has 0 saturated carbocycles. The molecule has 0 bridgehead atoms. The zero-order chi connectivity index (χ0) is 13.0. The van der Waals surface area contributed by atoms with Crippen molar-refractivity contribution in [2.45, 2.75) is 25.0 Å². The molecule has 2 atom stereocenters. The first-order chi connectivity index (χ1) is 8.70. The summed E-state index contributed by atoms with van der Waals surface area (Å²) in [5.74, 6) is 0.334. The van der Waals surface area contributed by atoms with Crippen LogP contribution >= 0.6 is 0 Å². The Labute approximate surface area is 106 Å². The molecule has 1 aromatic carbocycles. The van der Waals surface area contributed by atoms with Gasteiger partial charge in [0, 0.05) is 18.0 Å². The van der Waals surface area contributed by atoms with Gasteiger partial charge in [-0.05, 0) is 24.6 Å². The van der Waals surface area contributed by atoms with Gasteiger partial charge in [0.25, 0.3) is 0 Å². The van der Waals surface area contributed by atoms with Crippen molar-refractivity contribution < 1.29 is 13.9 Å². The molecule has 1 unspecified atom stereocenters. The molecule has 2 rings (SSSR count). The molecule has 0 radical (unpaired) electrons. The second-order valence-corrected chi connectivity index (χ2v) is 4.42. The SMILES string of the molecule is C=CC[C@@H](N)c1cc(F)ccc1OC1CCOC1. The Hall–Kier alpha value is -1.39. The number of hydrogen-bond acceptors (Lipinski definition) is 3. The van der Waals surface area contributed by atoms with Crippen LogP contribution in [0.5, 0.6) is 5.75 Å². The first kappa shape index (κ1) is 13.1. The summed E-state index contributed by atoms with van der Waals surface area (Å²) in [6, 6.07) is 4.15. The van der Waals surface area contributed by atoms with Crippen LogP contribution in [-0.4, -0.2) is 19.3 Å². The molecule has 1 heterocycles. The quantitative estimate of drug-likeness (QED) is 0.818. The minimum atomic E-state index is -0.306. The minimum Gasteiger partial charge on any atom is -0.488 e. The van der Waals surface area contributed by atoms with Crippen molar-refractivity contribution in [1.82, 2.24) is 0 Å². The largest absolute Gasteiger partial charge is 0.488 e. The van der Waals surface area contributed by atoms with Gasteiger partial charge in [0.15, 0.2) is 0 Å². The van der Waals surface area contributed by atoms with Gasteiger partial charge in [0.2, 0.25) is 0 Å². The van der Waals surface area contributed by atoms with Crippen LogP contribution in [-0.2, 0) is 4.74 Å². The van der Waals surface area contributed by atoms with E-state index in [9.17, 15) is 4.39 Å². The maximum Gasteiger partial charge on any atom is 0.124 e. The predicted molar refractivity (Wildman–Crippen MR) is 68.0 cm³/mol. The van der Waals surface area contributed by atoms with E-state index < -0.39 is 0 Å². The van der Waals surface area contributed by atoms with Crippen LogP contribution in [0.3, 0.4) is 0 Å². The van der Waals surface area contributed by atoms with Crippen molar-refractivity contribution in [1.29, 1.82) is 0 Å². The molecule has 0 aromatic heterocycles. The molecule has 18 heavy (non-hydrogen) atoms. The van der Waals surface area contributed by atoms with Gasteiger partial charge in [-0.2, -0.15) is 0 Å². The predicted octanol–water partition coefficient (Wildman–Crippen LogP) is 2.57. The summed E-state index contributed by atoms with van der Waals surface area (Å²) in [6.45, 7) is 4.93. The van der Waals surface area contributed by atoms with E-state index in [1.807, 2.05) is 0 Å². The molecule has 0 spiro atoms. The third-order valence-corrected chi connectivity index (χ3v) is 2.97. The summed E-state index contributed by atoms with van der Waals surface area (Å²) >= 11 is 0. The third-order valence-electron chi connectivity index (χ3n) is 2.97. The summed E-state index contributed by atoms with van der Waals surface area (Å²) in [4.78, 5) is 0. The molecule has 3 nitrogen and oxygen atoms in total. The fourth-order valence-electron chi connectivity index (χ4n) is 2.01. The smallest absolute Gasteiger partial charge is 0.124 e. The average molecular weight is 251 g/mol. The van der Waals surface area contributed by atoms with E-state index >= 15 is 0 Å². The molecule has 2 N–H and O–H groups in total. The van der Waals surface area contributed by atoms with Crippen molar-refractivity contribution in [3.63, 3.8) is 0 Å². The van der Waals surface area contributed by atoms with Crippen LogP contribution in [0.4, 0.5) is 4.39 Å². The maximum atomic E-state index is 13.3. The number of benzene rings is 1. The normalized spacial score (nSPS) is 20.7. The fraction of sp³-hybridized carbons (Fsp3) is 0.429. The highest BCUT2D eigenvalue weighted by Crippen LogP contribution is 2.29. The first-order valence-corrected chi connectivity index (χ1v) is 6.11. The van der Waals surface area contributed by atoms with Gasteiger partial charge in [-0.25, -0.2) is 4.39 Å². The van der Waals surface area contributed by atoms with Crippen LogP contribution in [0.15, 0.2) is 30.9 Å². The molecule has 1 aliphatic rings. The zero-order valence-corrected chi connectivity index (χ0v) is 10.3. The van der Waals surface area contributed by atoms with E-state index in [-0.39, 0.29) is 18.0 Å². The Morgan fingerprint density at radius 2 is 2.44 bits per heavy atom. The lowest BCUT2D eigenvalue weighted by Gasteiger charge is -2.19. The molecule has 1 saturated heterocycles. The van der Waals surface area contributed by atoms with Gasteiger partial charge in [-0.1, -0.05) is 6.08 Å². The zero-order valence-electron chi connectivity index (χ0n) is 10.3. The van der Waals surface area contributed by atoms with Crippen molar-refractivity contribution in [3.8, 4) is 5.75 Å². The third kappa shape index (κ3) is 3.09. The van der Waals surface area contributed by atoms with Gasteiger partial charge >= 0.3 is 0 Å². The van der Waals surface area contributed by atoms with E-state index in [2.05, 4.69) is 6.58 Å². The second-order valence-electron chi connectivity index (χ2n) is 4.42. The van der Waals surface area contributed by atoms with E-state index in [1.165, 1.54) is 12.1 Å². The lowest BCUT2D eigenvalue weighted by Crippen LogP contribution is -2.19. The molecular formula is C14H18FNO2. The summed E-state index contributed by atoms with van der Waals surface area (Å²) in [7, 11) is 0. The Morgan fingerprint density at radius 3 is 3.11 bits per heavy atom.